The number of aromatic nitrogens is 4. The van der Waals surface area contributed by atoms with Crippen LogP contribution in [0.15, 0.2) is 42.5 Å². The van der Waals surface area contributed by atoms with E-state index in [0.29, 0.717) is 28.0 Å². The molecule has 0 aliphatic rings. The van der Waals surface area contributed by atoms with Crippen molar-refractivity contribution in [3.63, 3.8) is 0 Å². The summed E-state index contributed by atoms with van der Waals surface area (Å²) in [5, 5.41) is 17.6. The van der Waals surface area contributed by atoms with Crippen molar-refractivity contribution in [3.05, 3.63) is 57.6 Å². The molecule has 0 atom stereocenters. The number of H-pyrrole nitrogens is 1. The first-order valence-electron chi connectivity index (χ1n) is 6.66. The minimum atomic E-state index is -0.451. The smallest absolute Gasteiger partial charge is 0.292 e. The van der Waals surface area contributed by atoms with E-state index in [9.17, 15) is 10.1 Å². The number of halogens is 1. The minimum Gasteiger partial charge on any atom is -0.319 e. The second kappa shape index (κ2) is 4.96. The Balaban J connectivity index is 1.77. The van der Waals surface area contributed by atoms with Gasteiger partial charge in [-0.15, -0.1) is 0 Å². The maximum atomic E-state index is 11.0. The highest BCUT2D eigenvalue weighted by Gasteiger charge is 2.15. The molecule has 9 heteroatoms. The van der Waals surface area contributed by atoms with E-state index >= 15 is 0 Å². The molecule has 0 amide bonds. The fraction of sp³-hybridized carbons (Fsp3) is 0. The van der Waals surface area contributed by atoms with Crippen LogP contribution in [0.5, 0.6) is 0 Å². The van der Waals surface area contributed by atoms with Gasteiger partial charge in [-0.2, -0.15) is 4.98 Å². The molecular weight excluding hydrogens is 320 g/mol. The summed E-state index contributed by atoms with van der Waals surface area (Å²) in [7, 11) is 0. The van der Waals surface area contributed by atoms with Crippen molar-refractivity contribution in [2.75, 3.05) is 5.32 Å². The number of anilines is 2. The highest BCUT2D eigenvalue weighted by molar-refractivity contribution is 6.31. The van der Waals surface area contributed by atoms with Gasteiger partial charge in [0.05, 0.1) is 16.0 Å². The molecule has 2 heterocycles. The summed E-state index contributed by atoms with van der Waals surface area (Å²) in [4.78, 5) is 19.2. The fourth-order valence-electron chi connectivity index (χ4n) is 2.38. The number of hydrogen-bond donors (Lipinski definition) is 2. The predicted molar refractivity (Wildman–Crippen MR) is 86.2 cm³/mol. The normalized spacial score (nSPS) is 11.2. The first-order chi connectivity index (χ1) is 11.1. The third-order valence-corrected chi connectivity index (χ3v) is 3.62. The van der Waals surface area contributed by atoms with Crippen LogP contribution in [-0.4, -0.2) is 24.5 Å². The second-order valence-electron chi connectivity index (χ2n) is 4.85. The molecule has 2 N–H and O–H groups in total. The molecule has 23 heavy (non-hydrogen) atoms. The SMILES string of the molecule is O=[N+]([O-])c1ccccc1Nc1nc2nc3cc(Cl)ccc3n2[nH]1. The van der Waals surface area contributed by atoms with Crippen LogP contribution in [0.1, 0.15) is 0 Å². The summed E-state index contributed by atoms with van der Waals surface area (Å²) >= 11 is 5.94. The fourth-order valence-corrected chi connectivity index (χ4v) is 2.55. The minimum absolute atomic E-state index is 0.0295. The molecular formula is C14H9ClN6O2. The van der Waals surface area contributed by atoms with E-state index in [1.165, 1.54) is 6.07 Å². The van der Waals surface area contributed by atoms with Crippen molar-refractivity contribution >= 4 is 45.7 Å². The Morgan fingerprint density at radius 1 is 1.22 bits per heavy atom. The van der Waals surface area contributed by atoms with Gasteiger partial charge in [0, 0.05) is 11.1 Å². The zero-order chi connectivity index (χ0) is 16.0. The van der Waals surface area contributed by atoms with Crippen molar-refractivity contribution in [1.29, 1.82) is 0 Å². The Kier molecular flexibility index (Phi) is 2.91. The molecule has 0 unspecified atom stereocenters. The van der Waals surface area contributed by atoms with Gasteiger partial charge in [-0.3, -0.25) is 15.2 Å². The topological polar surface area (TPSA) is 101 Å². The molecule has 0 aliphatic heterocycles. The number of para-hydroxylation sites is 2. The highest BCUT2D eigenvalue weighted by Crippen LogP contribution is 2.26. The Bertz CT molecular complexity index is 1050. The summed E-state index contributed by atoms with van der Waals surface area (Å²) < 4.78 is 1.68. The van der Waals surface area contributed by atoms with Crippen molar-refractivity contribution < 1.29 is 4.92 Å². The van der Waals surface area contributed by atoms with Crippen LogP contribution in [0.25, 0.3) is 16.8 Å². The molecule has 4 aromatic rings. The largest absolute Gasteiger partial charge is 0.319 e. The van der Waals surface area contributed by atoms with Crippen LogP contribution in [-0.2, 0) is 0 Å². The lowest BCUT2D eigenvalue weighted by atomic mass is 10.3. The molecule has 0 saturated carbocycles. The molecule has 8 nitrogen and oxygen atoms in total. The summed E-state index contributed by atoms with van der Waals surface area (Å²) in [5.41, 5.74) is 1.85. The number of nitrogens with one attached hydrogen (secondary N) is 2. The predicted octanol–water partition coefficient (Wildman–Crippen LogP) is 3.52. The molecule has 2 aromatic carbocycles. The molecule has 2 aromatic heterocycles. The van der Waals surface area contributed by atoms with Crippen LogP contribution < -0.4 is 5.32 Å². The van der Waals surface area contributed by atoms with Crippen LogP contribution >= 0.6 is 11.6 Å². The van der Waals surface area contributed by atoms with Gasteiger partial charge in [0.25, 0.3) is 11.5 Å². The maximum Gasteiger partial charge on any atom is 0.292 e. The summed E-state index contributed by atoms with van der Waals surface area (Å²) in [6.07, 6.45) is 0. The van der Waals surface area contributed by atoms with Gasteiger partial charge in [0.1, 0.15) is 5.69 Å². The molecule has 4 rings (SSSR count). The van der Waals surface area contributed by atoms with Gasteiger partial charge in [0.2, 0.25) is 5.95 Å². The van der Waals surface area contributed by atoms with Crippen molar-refractivity contribution in [2.24, 2.45) is 0 Å². The third-order valence-electron chi connectivity index (χ3n) is 3.38. The van der Waals surface area contributed by atoms with Gasteiger partial charge >= 0.3 is 0 Å². The average Bonchev–Trinajstić information content (AvgIpc) is 3.04. The number of imidazole rings is 1. The quantitative estimate of drug-likeness (QED) is 0.442. The monoisotopic (exact) mass is 328 g/mol. The zero-order valence-electron chi connectivity index (χ0n) is 11.5. The lowest BCUT2D eigenvalue weighted by molar-refractivity contribution is -0.383. The molecule has 0 aliphatic carbocycles. The second-order valence-corrected chi connectivity index (χ2v) is 5.29. The van der Waals surface area contributed by atoms with Gasteiger partial charge < -0.3 is 5.32 Å². The zero-order valence-corrected chi connectivity index (χ0v) is 12.3. The first kappa shape index (κ1) is 13.5. The van der Waals surface area contributed by atoms with Crippen LogP contribution in [0.2, 0.25) is 5.02 Å². The Labute approximate surface area is 133 Å². The van der Waals surface area contributed by atoms with Gasteiger partial charge in [-0.25, -0.2) is 9.50 Å². The van der Waals surface area contributed by atoms with E-state index in [1.807, 2.05) is 6.07 Å². The summed E-state index contributed by atoms with van der Waals surface area (Å²) in [5.74, 6) is 0.807. The molecule has 0 saturated heterocycles. The molecule has 0 spiro atoms. The lowest BCUT2D eigenvalue weighted by Crippen LogP contribution is -1.98. The summed E-state index contributed by atoms with van der Waals surface area (Å²) in [6, 6.07) is 11.7. The van der Waals surface area contributed by atoms with Crippen LogP contribution in [0.4, 0.5) is 17.3 Å². The van der Waals surface area contributed by atoms with Crippen molar-refractivity contribution in [1.82, 2.24) is 19.6 Å². The van der Waals surface area contributed by atoms with E-state index in [0.717, 1.165) is 5.52 Å². The summed E-state index contributed by atoms with van der Waals surface area (Å²) in [6.45, 7) is 0. The van der Waals surface area contributed by atoms with Gasteiger partial charge in [-0.05, 0) is 24.3 Å². The van der Waals surface area contributed by atoms with E-state index in [1.54, 1.807) is 34.8 Å². The molecule has 114 valence electrons. The Morgan fingerprint density at radius 3 is 2.87 bits per heavy atom. The molecule has 0 bridgehead atoms. The number of fused-ring (bicyclic) bond motifs is 3. The number of aromatic amines is 1. The number of nitrogens with zero attached hydrogens (tertiary/aromatic N) is 4. The van der Waals surface area contributed by atoms with Gasteiger partial charge in [0.15, 0.2) is 0 Å². The molecule has 0 radical (unpaired) electrons. The van der Waals surface area contributed by atoms with Gasteiger partial charge in [-0.1, -0.05) is 23.7 Å². The Morgan fingerprint density at radius 2 is 2.04 bits per heavy atom. The number of rotatable bonds is 3. The first-order valence-corrected chi connectivity index (χ1v) is 7.04. The van der Waals surface area contributed by atoms with E-state index in [2.05, 4.69) is 20.4 Å². The average molecular weight is 329 g/mol. The maximum absolute atomic E-state index is 11.0. The van der Waals surface area contributed by atoms with E-state index < -0.39 is 4.92 Å². The van der Waals surface area contributed by atoms with E-state index in [4.69, 9.17) is 11.6 Å². The highest BCUT2D eigenvalue weighted by atomic mass is 35.5. The Hall–Kier alpha value is -3.13. The third kappa shape index (κ3) is 2.25. The van der Waals surface area contributed by atoms with Crippen LogP contribution in [0.3, 0.4) is 0 Å². The van der Waals surface area contributed by atoms with E-state index in [-0.39, 0.29) is 5.69 Å². The number of nitro benzene ring substituents is 1. The van der Waals surface area contributed by atoms with Crippen molar-refractivity contribution in [3.8, 4) is 0 Å². The number of benzene rings is 2. The lowest BCUT2D eigenvalue weighted by Gasteiger charge is -2.02. The standard InChI is InChI=1S/C14H9ClN6O2/c15-8-5-6-11-10(7-8)17-14-18-13(19-20(11)14)16-9-3-1-2-4-12(9)21(22)23/h1-7H,(H2,16,17,18,19). The molecule has 0 fully saturated rings. The number of hydrogen-bond acceptors (Lipinski definition) is 5. The van der Waals surface area contributed by atoms with Crippen molar-refractivity contribution in [2.45, 2.75) is 0 Å². The number of nitro groups is 1. The van der Waals surface area contributed by atoms with Crippen LogP contribution in [0, 0.1) is 10.1 Å².